The van der Waals surface area contributed by atoms with E-state index in [4.69, 9.17) is 22.1 Å². The predicted molar refractivity (Wildman–Crippen MR) is 84.1 cm³/mol. The Bertz CT molecular complexity index is 662. The van der Waals surface area contributed by atoms with Crippen LogP contribution in [0, 0.1) is 5.82 Å². The van der Waals surface area contributed by atoms with Crippen molar-refractivity contribution < 1.29 is 13.9 Å². The molecule has 110 valence electrons. The van der Waals surface area contributed by atoms with Gasteiger partial charge in [0, 0.05) is 15.6 Å². The lowest BCUT2D eigenvalue weighted by Gasteiger charge is -2.10. The summed E-state index contributed by atoms with van der Waals surface area (Å²) < 4.78 is 18.9. The van der Waals surface area contributed by atoms with Gasteiger partial charge >= 0.3 is 0 Å². The largest absolute Gasteiger partial charge is 0.484 e. The fourth-order valence-electron chi connectivity index (χ4n) is 1.59. The van der Waals surface area contributed by atoms with E-state index in [0.717, 1.165) is 0 Å². The molecule has 21 heavy (non-hydrogen) atoms. The van der Waals surface area contributed by atoms with Gasteiger partial charge in [0.25, 0.3) is 5.91 Å². The Morgan fingerprint density at radius 1 is 1.33 bits per heavy atom. The highest BCUT2D eigenvalue weighted by Crippen LogP contribution is 2.23. The Labute approximate surface area is 134 Å². The summed E-state index contributed by atoms with van der Waals surface area (Å²) in [5.74, 6) is -0.618. The summed E-state index contributed by atoms with van der Waals surface area (Å²) in [6.45, 7) is -0.266. The molecule has 2 aromatic carbocycles. The van der Waals surface area contributed by atoms with Crippen molar-refractivity contribution in [3.05, 3.63) is 51.7 Å². The first-order valence-electron chi connectivity index (χ1n) is 5.88. The normalized spacial score (nSPS) is 10.2. The highest BCUT2D eigenvalue weighted by atomic mass is 79.9. The minimum atomic E-state index is -0.457. The Morgan fingerprint density at radius 3 is 2.76 bits per heavy atom. The molecule has 0 aliphatic rings. The van der Waals surface area contributed by atoms with Gasteiger partial charge in [-0.3, -0.25) is 4.79 Å². The first-order chi connectivity index (χ1) is 9.94. The van der Waals surface area contributed by atoms with E-state index in [1.165, 1.54) is 18.2 Å². The highest BCUT2D eigenvalue weighted by molar-refractivity contribution is 9.10. The fraction of sp³-hybridized carbons (Fsp3) is 0.0714. The van der Waals surface area contributed by atoms with E-state index in [9.17, 15) is 9.18 Å². The molecule has 0 aliphatic heterocycles. The van der Waals surface area contributed by atoms with E-state index in [-0.39, 0.29) is 12.4 Å². The second-order valence-electron chi connectivity index (χ2n) is 4.17. The number of rotatable bonds is 4. The first kappa shape index (κ1) is 15.6. The zero-order valence-corrected chi connectivity index (χ0v) is 13.0. The number of nitrogens with two attached hydrogens (primary N) is 1. The molecule has 0 spiro atoms. The Balaban J connectivity index is 1.95. The van der Waals surface area contributed by atoms with Crippen LogP contribution in [0.4, 0.5) is 15.8 Å². The summed E-state index contributed by atoms with van der Waals surface area (Å²) in [6.07, 6.45) is 0. The Kier molecular flexibility index (Phi) is 5.03. The molecule has 0 atom stereocenters. The van der Waals surface area contributed by atoms with Crippen molar-refractivity contribution in [1.82, 2.24) is 0 Å². The SMILES string of the molecule is Nc1cc(Cl)ccc1NC(=O)COc1cc(F)cc(Br)c1. The van der Waals surface area contributed by atoms with Gasteiger partial charge in [-0.25, -0.2) is 4.39 Å². The number of halogens is 3. The third-order valence-corrected chi connectivity index (χ3v) is 3.19. The number of hydrogen-bond acceptors (Lipinski definition) is 3. The minimum Gasteiger partial charge on any atom is -0.484 e. The lowest BCUT2D eigenvalue weighted by atomic mass is 10.2. The number of hydrogen-bond donors (Lipinski definition) is 2. The van der Waals surface area contributed by atoms with E-state index in [1.807, 2.05) is 0 Å². The van der Waals surface area contributed by atoms with Crippen LogP contribution in [0.25, 0.3) is 0 Å². The summed E-state index contributed by atoms with van der Waals surface area (Å²) >= 11 is 8.91. The maximum absolute atomic E-state index is 13.2. The molecule has 7 heteroatoms. The average Bonchev–Trinajstić information content (AvgIpc) is 2.39. The quantitative estimate of drug-likeness (QED) is 0.800. The van der Waals surface area contributed by atoms with Crippen LogP contribution < -0.4 is 15.8 Å². The number of benzene rings is 2. The van der Waals surface area contributed by atoms with Crippen LogP contribution in [-0.2, 0) is 4.79 Å². The molecule has 4 nitrogen and oxygen atoms in total. The molecule has 0 saturated heterocycles. The zero-order chi connectivity index (χ0) is 15.4. The molecule has 0 saturated carbocycles. The van der Waals surface area contributed by atoms with Gasteiger partial charge in [0.1, 0.15) is 11.6 Å². The van der Waals surface area contributed by atoms with Crippen LogP contribution in [0.3, 0.4) is 0 Å². The van der Waals surface area contributed by atoms with E-state index in [0.29, 0.717) is 20.9 Å². The van der Waals surface area contributed by atoms with E-state index < -0.39 is 11.7 Å². The van der Waals surface area contributed by atoms with Crippen molar-refractivity contribution in [1.29, 1.82) is 0 Å². The minimum absolute atomic E-state index is 0.251. The number of anilines is 2. The summed E-state index contributed by atoms with van der Waals surface area (Å²) in [6, 6.07) is 8.77. The number of ether oxygens (including phenoxy) is 1. The Hall–Kier alpha value is -1.79. The van der Waals surface area contributed by atoms with Crippen LogP contribution >= 0.6 is 27.5 Å². The number of carbonyl (C=O) groups is 1. The van der Waals surface area contributed by atoms with Gasteiger partial charge < -0.3 is 15.8 Å². The van der Waals surface area contributed by atoms with Gasteiger partial charge in [-0.1, -0.05) is 27.5 Å². The highest BCUT2D eigenvalue weighted by Gasteiger charge is 2.08. The molecule has 1 amide bonds. The number of amides is 1. The number of carbonyl (C=O) groups excluding carboxylic acids is 1. The lowest BCUT2D eigenvalue weighted by Crippen LogP contribution is -2.20. The van der Waals surface area contributed by atoms with Gasteiger partial charge in [-0.2, -0.15) is 0 Å². The van der Waals surface area contributed by atoms with Crippen molar-refractivity contribution >= 4 is 44.8 Å². The summed E-state index contributed by atoms with van der Waals surface area (Å²) in [5.41, 5.74) is 6.51. The van der Waals surface area contributed by atoms with Gasteiger partial charge in [0.05, 0.1) is 11.4 Å². The van der Waals surface area contributed by atoms with Crippen molar-refractivity contribution in [2.75, 3.05) is 17.7 Å². The van der Waals surface area contributed by atoms with Crippen LogP contribution in [0.5, 0.6) is 5.75 Å². The van der Waals surface area contributed by atoms with Crippen LogP contribution in [0.15, 0.2) is 40.9 Å². The molecule has 0 bridgehead atoms. The second-order valence-corrected chi connectivity index (χ2v) is 5.53. The fourth-order valence-corrected chi connectivity index (χ4v) is 2.22. The van der Waals surface area contributed by atoms with Gasteiger partial charge in [0.15, 0.2) is 6.61 Å². The van der Waals surface area contributed by atoms with Crippen molar-refractivity contribution in [2.45, 2.75) is 0 Å². The van der Waals surface area contributed by atoms with E-state index in [1.54, 1.807) is 18.2 Å². The van der Waals surface area contributed by atoms with Crippen LogP contribution in [0.1, 0.15) is 0 Å². The van der Waals surface area contributed by atoms with Crippen molar-refractivity contribution in [3.63, 3.8) is 0 Å². The molecular formula is C14H11BrClFN2O2. The maximum Gasteiger partial charge on any atom is 0.262 e. The van der Waals surface area contributed by atoms with Crippen LogP contribution in [0.2, 0.25) is 5.02 Å². The van der Waals surface area contributed by atoms with E-state index in [2.05, 4.69) is 21.2 Å². The molecule has 3 N–H and O–H groups in total. The first-order valence-corrected chi connectivity index (χ1v) is 7.05. The van der Waals surface area contributed by atoms with Gasteiger partial charge in [-0.15, -0.1) is 0 Å². The second kappa shape index (κ2) is 6.78. The molecule has 0 unspecified atom stereocenters. The Morgan fingerprint density at radius 2 is 2.10 bits per heavy atom. The molecule has 0 aliphatic carbocycles. The van der Waals surface area contributed by atoms with Gasteiger partial charge in [-0.05, 0) is 30.3 Å². The third-order valence-electron chi connectivity index (χ3n) is 2.49. The zero-order valence-electron chi connectivity index (χ0n) is 10.7. The maximum atomic E-state index is 13.2. The van der Waals surface area contributed by atoms with Crippen molar-refractivity contribution in [3.8, 4) is 5.75 Å². The van der Waals surface area contributed by atoms with Crippen LogP contribution in [-0.4, -0.2) is 12.5 Å². The monoisotopic (exact) mass is 372 g/mol. The average molecular weight is 374 g/mol. The number of nitrogens with one attached hydrogen (secondary N) is 1. The summed E-state index contributed by atoms with van der Waals surface area (Å²) in [7, 11) is 0. The summed E-state index contributed by atoms with van der Waals surface area (Å²) in [5, 5.41) is 3.06. The standard InChI is InChI=1S/C14H11BrClFN2O2/c15-8-3-10(17)6-11(4-8)21-7-14(20)19-13-2-1-9(16)5-12(13)18/h1-6H,7,18H2,(H,19,20). The molecular weight excluding hydrogens is 363 g/mol. The molecule has 2 aromatic rings. The number of nitrogen functional groups attached to an aromatic ring is 1. The topological polar surface area (TPSA) is 64.3 Å². The third kappa shape index (κ3) is 4.61. The van der Waals surface area contributed by atoms with Crippen molar-refractivity contribution in [2.24, 2.45) is 0 Å². The molecule has 0 fully saturated rings. The lowest BCUT2D eigenvalue weighted by molar-refractivity contribution is -0.118. The molecule has 0 heterocycles. The van der Waals surface area contributed by atoms with E-state index >= 15 is 0 Å². The van der Waals surface area contributed by atoms with Gasteiger partial charge in [0.2, 0.25) is 0 Å². The molecule has 2 rings (SSSR count). The predicted octanol–water partition coefficient (Wildman–Crippen LogP) is 3.84. The molecule has 0 aromatic heterocycles. The summed E-state index contributed by atoms with van der Waals surface area (Å²) in [4.78, 5) is 11.8. The molecule has 0 radical (unpaired) electrons. The smallest absolute Gasteiger partial charge is 0.262 e.